The minimum atomic E-state index is 0.649. The molecule has 26 heavy (non-hydrogen) atoms. The SMILES string of the molecule is CCNC(=NCc1nc(C)c(C)s1)NCCCCN1CCN(CC)CC1. The lowest BCUT2D eigenvalue weighted by atomic mass is 10.2. The molecule has 1 aromatic rings. The number of likely N-dealkylation sites (N-methyl/N-ethyl adjacent to an activating group) is 1. The summed E-state index contributed by atoms with van der Waals surface area (Å²) in [4.78, 5) is 15.6. The molecule has 0 aromatic carbocycles. The van der Waals surface area contributed by atoms with E-state index in [2.05, 4.69) is 58.1 Å². The Morgan fingerprint density at radius 3 is 2.42 bits per heavy atom. The molecule has 1 aromatic heterocycles. The van der Waals surface area contributed by atoms with Gasteiger partial charge in [0.15, 0.2) is 5.96 Å². The van der Waals surface area contributed by atoms with Gasteiger partial charge >= 0.3 is 0 Å². The summed E-state index contributed by atoms with van der Waals surface area (Å²) in [6.07, 6.45) is 2.41. The van der Waals surface area contributed by atoms with E-state index in [0.29, 0.717) is 6.54 Å². The summed E-state index contributed by atoms with van der Waals surface area (Å²) >= 11 is 1.74. The molecule has 0 aliphatic carbocycles. The molecule has 2 heterocycles. The zero-order valence-corrected chi connectivity index (χ0v) is 17.8. The fourth-order valence-electron chi connectivity index (χ4n) is 3.09. The third-order valence-electron chi connectivity index (χ3n) is 4.90. The second-order valence-corrected chi connectivity index (χ2v) is 8.14. The van der Waals surface area contributed by atoms with Crippen LogP contribution in [-0.2, 0) is 6.54 Å². The van der Waals surface area contributed by atoms with E-state index in [1.54, 1.807) is 11.3 Å². The first kappa shape index (κ1) is 21.1. The molecule has 0 amide bonds. The van der Waals surface area contributed by atoms with E-state index in [-0.39, 0.29) is 0 Å². The Morgan fingerprint density at radius 2 is 1.81 bits per heavy atom. The van der Waals surface area contributed by atoms with Crippen LogP contribution in [0.3, 0.4) is 0 Å². The fraction of sp³-hybridized carbons (Fsp3) is 0.789. The molecular weight excluding hydrogens is 344 g/mol. The van der Waals surface area contributed by atoms with Gasteiger partial charge in [0, 0.05) is 44.1 Å². The van der Waals surface area contributed by atoms with Gasteiger partial charge in [0.1, 0.15) is 5.01 Å². The molecule has 1 aliphatic rings. The van der Waals surface area contributed by atoms with E-state index in [1.807, 2.05) is 0 Å². The number of unbranched alkanes of at least 4 members (excludes halogenated alkanes) is 1. The lowest BCUT2D eigenvalue weighted by Crippen LogP contribution is -2.46. The van der Waals surface area contributed by atoms with Crippen LogP contribution >= 0.6 is 11.3 Å². The topological polar surface area (TPSA) is 55.8 Å². The van der Waals surface area contributed by atoms with Gasteiger partial charge in [0.05, 0.1) is 12.2 Å². The van der Waals surface area contributed by atoms with Crippen molar-refractivity contribution in [2.24, 2.45) is 4.99 Å². The third-order valence-corrected chi connectivity index (χ3v) is 5.95. The largest absolute Gasteiger partial charge is 0.357 e. The van der Waals surface area contributed by atoms with Crippen LogP contribution in [0.25, 0.3) is 0 Å². The molecule has 1 aliphatic heterocycles. The van der Waals surface area contributed by atoms with Crippen molar-refractivity contribution in [1.82, 2.24) is 25.4 Å². The van der Waals surface area contributed by atoms with Gasteiger partial charge in [-0.1, -0.05) is 6.92 Å². The van der Waals surface area contributed by atoms with Crippen molar-refractivity contribution < 1.29 is 0 Å². The molecule has 6 nitrogen and oxygen atoms in total. The Balaban J connectivity index is 1.64. The molecular formula is C19H36N6S. The minimum absolute atomic E-state index is 0.649. The van der Waals surface area contributed by atoms with Crippen molar-refractivity contribution in [2.75, 3.05) is 52.4 Å². The van der Waals surface area contributed by atoms with E-state index in [9.17, 15) is 0 Å². The molecule has 7 heteroatoms. The zero-order chi connectivity index (χ0) is 18.8. The predicted molar refractivity (Wildman–Crippen MR) is 112 cm³/mol. The number of guanidine groups is 1. The summed E-state index contributed by atoms with van der Waals surface area (Å²) in [5.41, 5.74) is 1.12. The molecule has 0 spiro atoms. The summed E-state index contributed by atoms with van der Waals surface area (Å²) in [6.45, 7) is 18.3. The number of hydrogen-bond acceptors (Lipinski definition) is 5. The molecule has 2 rings (SSSR count). The van der Waals surface area contributed by atoms with E-state index >= 15 is 0 Å². The lowest BCUT2D eigenvalue weighted by molar-refractivity contribution is 0.136. The number of aryl methyl sites for hydroxylation is 2. The standard InChI is InChI=1S/C19H36N6S/c1-5-20-19(22-15-18-23-16(3)17(4)26-18)21-9-7-8-10-25-13-11-24(6-2)12-14-25/h5-15H2,1-4H3,(H2,20,21,22). The normalized spacial score (nSPS) is 16.8. The predicted octanol–water partition coefficient (Wildman–Crippen LogP) is 2.23. The van der Waals surface area contributed by atoms with Gasteiger partial charge in [0.2, 0.25) is 0 Å². The summed E-state index contributed by atoms with van der Waals surface area (Å²) in [6, 6.07) is 0. The van der Waals surface area contributed by atoms with E-state index in [4.69, 9.17) is 0 Å². The monoisotopic (exact) mass is 380 g/mol. The van der Waals surface area contributed by atoms with Gasteiger partial charge in [-0.05, 0) is 46.7 Å². The second kappa shape index (κ2) is 11.5. The zero-order valence-electron chi connectivity index (χ0n) is 17.0. The molecule has 0 bridgehead atoms. The number of piperazine rings is 1. The molecule has 148 valence electrons. The van der Waals surface area contributed by atoms with Gasteiger partial charge in [-0.25, -0.2) is 9.98 Å². The number of thiazole rings is 1. The van der Waals surface area contributed by atoms with Crippen LogP contribution < -0.4 is 10.6 Å². The first-order valence-corrected chi connectivity index (χ1v) is 10.8. The van der Waals surface area contributed by atoms with Crippen molar-refractivity contribution in [2.45, 2.75) is 47.1 Å². The average molecular weight is 381 g/mol. The van der Waals surface area contributed by atoms with Crippen molar-refractivity contribution in [1.29, 1.82) is 0 Å². The highest BCUT2D eigenvalue weighted by atomic mass is 32.1. The number of aromatic nitrogens is 1. The Hall–Kier alpha value is -1.18. The first-order chi connectivity index (χ1) is 12.6. The minimum Gasteiger partial charge on any atom is -0.357 e. The van der Waals surface area contributed by atoms with Crippen molar-refractivity contribution >= 4 is 17.3 Å². The molecule has 0 radical (unpaired) electrons. The molecule has 1 fully saturated rings. The number of nitrogens with one attached hydrogen (secondary N) is 2. The third kappa shape index (κ3) is 7.21. The number of aliphatic imine (C=N–C) groups is 1. The average Bonchev–Trinajstić information content (AvgIpc) is 2.97. The van der Waals surface area contributed by atoms with Crippen LogP contribution in [0.5, 0.6) is 0 Å². The van der Waals surface area contributed by atoms with Crippen molar-refractivity contribution in [3.8, 4) is 0 Å². The van der Waals surface area contributed by atoms with Crippen LogP contribution in [0.1, 0.15) is 42.3 Å². The Kier molecular flexibility index (Phi) is 9.36. The van der Waals surface area contributed by atoms with Crippen molar-refractivity contribution in [3.63, 3.8) is 0 Å². The first-order valence-electron chi connectivity index (χ1n) is 10.0. The maximum atomic E-state index is 4.67. The van der Waals surface area contributed by atoms with Gasteiger partial charge in [-0.15, -0.1) is 11.3 Å². The van der Waals surface area contributed by atoms with Gasteiger partial charge < -0.3 is 20.4 Å². The van der Waals surface area contributed by atoms with Gasteiger partial charge in [-0.2, -0.15) is 0 Å². The van der Waals surface area contributed by atoms with Crippen molar-refractivity contribution in [3.05, 3.63) is 15.6 Å². The van der Waals surface area contributed by atoms with Crippen LogP contribution in [0.2, 0.25) is 0 Å². The second-order valence-electron chi connectivity index (χ2n) is 6.85. The highest BCUT2D eigenvalue weighted by Crippen LogP contribution is 2.16. The fourth-order valence-corrected chi connectivity index (χ4v) is 3.95. The maximum absolute atomic E-state index is 4.67. The highest BCUT2D eigenvalue weighted by Gasteiger charge is 2.14. The molecule has 0 unspecified atom stereocenters. The summed E-state index contributed by atoms with van der Waals surface area (Å²) in [5, 5.41) is 7.87. The maximum Gasteiger partial charge on any atom is 0.191 e. The van der Waals surface area contributed by atoms with Crippen LogP contribution in [-0.4, -0.2) is 73.1 Å². The van der Waals surface area contributed by atoms with Crippen LogP contribution in [0.15, 0.2) is 4.99 Å². The Labute approximate surface area is 163 Å². The summed E-state index contributed by atoms with van der Waals surface area (Å²) in [5.74, 6) is 0.898. The molecule has 0 atom stereocenters. The summed E-state index contributed by atoms with van der Waals surface area (Å²) in [7, 11) is 0. The molecule has 1 saturated heterocycles. The quantitative estimate of drug-likeness (QED) is 0.391. The summed E-state index contributed by atoms with van der Waals surface area (Å²) < 4.78 is 0. The molecule has 2 N–H and O–H groups in total. The van der Waals surface area contributed by atoms with E-state index in [1.165, 1.54) is 57.0 Å². The Bertz CT molecular complexity index is 529. The van der Waals surface area contributed by atoms with Crippen LogP contribution in [0.4, 0.5) is 0 Å². The highest BCUT2D eigenvalue weighted by molar-refractivity contribution is 7.11. The number of hydrogen-bond donors (Lipinski definition) is 2. The van der Waals surface area contributed by atoms with Gasteiger partial charge in [-0.3, -0.25) is 0 Å². The number of rotatable bonds is 9. The molecule has 0 saturated carbocycles. The van der Waals surface area contributed by atoms with E-state index < -0.39 is 0 Å². The van der Waals surface area contributed by atoms with Crippen LogP contribution in [0, 0.1) is 13.8 Å². The van der Waals surface area contributed by atoms with E-state index in [0.717, 1.165) is 29.8 Å². The smallest absolute Gasteiger partial charge is 0.191 e. The lowest BCUT2D eigenvalue weighted by Gasteiger charge is -2.34. The Morgan fingerprint density at radius 1 is 1.08 bits per heavy atom. The number of nitrogens with zero attached hydrogens (tertiary/aromatic N) is 4. The van der Waals surface area contributed by atoms with Gasteiger partial charge in [0.25, 0.3) is 0 Å².